The Hall–Kier alpha value is -3.63. The number of aromatic nitrogens is 1. The number of ether oxygens (including phenoxy) is 6. The molecule has 34 heavy (non-hydrogen) atoms. The number of benzene rings is 2. The van der Waals surface area contributed by atoms with Crippen molar-refractivity contribution in [2.24, 2.45) is 0 Å². The van der Waals surface area contributed by atoms with E-state index in [1.807, 2.05) is 0 Å². The van der Waals surface area contributed by atoms with Crippen LogP contribution in [0.25, 0.3) is 10.9 Å². The van der Waals surface area contributed by atoms with E-state index in [1.165, 1.54) is 25.3 Å². The van der Waals surface area contributed by atoms with Crippen molar-refractivity contribution in [3.63, 3.8) is 0 Å². The summed E-state index contributed by atoms with van der Waals surface area (Å²) in [6.07, 6.45) is 4.51. The van der Waals surface area contributed by atoms with Crippen molar-refractivity contribution in [2.75, 3.05) is 34.0 Å². The first kappa shape index (κ1) is 23.5. The zero-order valence-corrected chi connectivity index (χ0v) is 19.0. The minimum absolute atomic E-state index is 0.106. The second-order valence-electron chi connectivity index (χ2n) is 7.54. The zero-order chi connectivity index (χ0) is 23.9. The maximum Gasteiger partial charge on any atom is 0.311 e. The van der Waals surface area contributed by atoms with Crippen molar-refractivity contribution in [3.05, 3.63) is 52.7 Å². The summed E-state index contributed by atoms with van der Waals surface area (Å²) in [7, 11) is 2.92. The van der Waals surface area contributed by atoms with Crippen molar-refractivity contribution < 1.29 is 33.3 Å². The van der Waals surface area contributed by atoms with E-state index in [1.54, 1.807) is 31.5 Å². The van der Waals surface area contributed by atoms with Gasteiger partial charge in [-0.3, -0.25) is 15.1 Å². The Morgan fingerprint density at radius 3 is 2.62 bits per heavy atom. The maximum absolute atomic E-state index is 11.1. The predicted molar refractivity (Wildman–Crippen MR) is 123 cm³/mol. The molecule has 10 nitrogen and oxygen atoms in total. The van der Waals surface area contributed by atoms with Gasteiger partial charge in [-0.05, 0) is 37.5 Å². The fourth-order valence-corrected chi connectivity index (χ4v) is 3.66. The number of nitro groups is 1. The number of pyridine rings is 1. The van der Waals surface area contributed by atoms with Crippen molar-refractivity contribution in [1.29, 1.82) is 0 Å². The van der Waals surface area contributed by atoms with E-state index >= 15 is 0 Å². The van der Waals surface area contributed by atoms with Gasteiger partial charge in [-0.15, -0.1) is 0 Å². The van der Waals surface area contributed by atoms with Gasteiger partial charge in [0.1, 0.15) is 18.1 Å². The van der Waals surface area contributed by atoms with Gasteiger partial charge in [-0.2, -0.15) is 0 Å². The monoisotopic (exact) mass is 470 g/mol. The molecule has 0 amide bonds. The Morgan fingerprint density at radius 1 is 1.03 bits per heavy atom. The highest BCUT2D eigenvalue weighted by molar-refractivity contribution is 5.88. The summed E-state index contributed by atoms with van der Waals surface area (Å²) in [6, 6.07) is 9.57. The quantitative estimate of drug-likeness (QED) is 0.233. The Kier molecular flexibility index (Phi) is 7.61. The van der Waals surface area contributed by atoms with Gasteiger partial charge in [0.2, 0.25) is 5.75 Å². The number of hydrogen-bond donors (Lipinski definition) is 0. The van der Waals surface area contributed by atoms with Crippen molar-refractivity contribution in [3.8, 4) is 28.7 Å². The molecule has 2 aromatic carbocycles. The van der Waals surface area contributed by atoms with Gasteiger partial charge in [0, 0.05) is 36.4 Å². The first-order valence-corrected chi connectivity index (χ1v) is 10.9. The van der Waals surface area contributed by atoms with Crippen LogP contribution in [0, 0.1) is 10.1 Å². The van der Waals surface area contributed by atoms with Crippen molar-refractivity contribution in [2.45, 2.75) is 25.6 Å². The molecule has 0 aliphatic carbocycles. The average molecular weight is 470 g/mol. The third kappa shape index (κ3) is 5.46. The molecular weight excluding hydrogens is 444 g/mol. The largest absolute Gasteiger partial charge is 0.493 e. The summed E-state index contributed by atoms with van der Waals surface area (Å²) in [5.74, 6) is 2.04. The number of nitro benzene ring substituents is 1. The Morgan fingerprint density at radius 2 is 1.88 bits per heavy atom. The second-order valence-corrected chi connectivity index (χ2v) is 7.54. The van der Waals surface area contributed by atoms with E-state index in [9.17, 15) is 10.1 Å². The molecule has 1 atom stereocenters. The fourth-order valence-electron chi connectivity index (χ4n) is 3.66. The molecule has 1 aliphatic heterocycles. The molecular formula is C24H26N2O8. The molecule has 1 saturated heterocycles. The van der Waals surface area contributed by atoms with Crippen LogP contribution in [0.1, 0.15) is 19.3 Å². The third-order valence-corrected chi connectivity index (χ3v) is 5.35. The minimum atomic E-state index is -0.510. The van der Waals surface area contributed by atoms with Crippen LogP contribution in [0.15, 0.2) is 42.6 Å². The van der Waals surface area contributed by atoms with Gasteiger partial charge in [-0.1, -0.05) is 0 Å². The highest BCUT2D eigenvalue weighted by atomic mass is 16.7. The summed E-state index contributed by atoms with van der Waals surface area (Å²) < 4.78 is 33.8. The summed E-state index contributed by atoms with van der Waals surface area (Å²) >= 11 is 0. The Bertz CT molecular complexity index is 1150. The number of hydrogen-bond acceptors (Lipinski definition) is 9. The number of methoxy groups -OCH3 is 2. The predicted octanol–water partition coefficient (Wildman–Crippen LogP) is 4.87. The highest BCUT2D eigenvalue weighted by Crippen LogP contribution is 2.38. The maximum atomic E-state index is 11.1. The molecule has 4 rings (SSSR count). The first-order chi connectivity index (χ1) is 16.6. The van der Waals surface area contributed by atoms with Crippen LogP contribution in [0.4, 0.5) is 5.69 Å². The Labute approximate surface area is 196 Å². The van der Waals surface area contributed by atoms with Gasteiger partial charge in [0.25, 0.3) is 0 Å². The fraction of sp³-hybridized carbons (Fsp3) is 0.375. The van der Waals surface area contributed by atoms with Gasteiger partial charge >= 0.3 is 5.69 Å². The lowest BCUT2D eigenvalue weighted by Gasteiger charge is -2.22. The van der Waals surface area contributed by atoms with Crippen LogP contribution in [-0.4, -0.2) is 50.2 Å². The average Bonchev–Trinajstić information content (AvgIpc) is 2.86. The molecule has 1 aromatic heterocycles. The molecule has 0 saturated carbocycles. The van der Waals surface area contributed by atoms with Crippen LogP contribution in [-0.2, 0) is 9.47 Å². The lowest BCUT2D eigenvalue weighted by molar-refractivity contribution is -0.385. The topological polar surface area (TPSA) is 111 Å². The summed E-state index contributed by atoms with van der Waals surface area (Å²) in [5.41, 5.74) is 0.496. The van der Waals surface area contributed by atoms with E-state index in [4.69, 9.17) is 28.4 Å². The van der Waals surface area contributed by atoms with Crippen molar-refractivity contribution in [1.82, 2.24) is 4.98 Å². The number of rotatable bonds is 10. The minimum Gasteiger partial charge on any atom is -0.493 e. The molecule has 0 N–H and O–H groups in total. The van der Waals surface area contributed by atoms with E-state index in [-0.39, 0.29) is 17.7 Å². The van der Waals surface area contributed by atoms with E-state index in [0.717, 1.165) is 25.9 Å². The molecule has 10 heteroatoms. The molecule has 180 valence electrons. The lowest BCUT2D eigenvalue weighted by Crippen LogP contribution is -2.24. The normalized spacial score (nSPS) is 15.6. The molecule has 1 aliphatic rings. The highest BCUT2D eigenvalue weighted by Gasteiger charge is 2.18. The number of nitrogens with zero attached hydrogens (tertiary/aromatic N) is 2. The summed E-state index contributed by atoms with van der Waals surface area (Å²) in [5, 5.41) is 11.8. The standard InChI is InChI=1S/C24H26N2O8/c1-29-21-13-16(6-7-19(21)26(27)28)34-20-8-9-25-18-15-23(22(30-2)14-17(18)20)31-11-12-33-24-5-3-4-10-32-24/h6-9,13-15,24H,3-5,10-12H2,1-2H3. The molecule has 1 fully saturated rings. The lowest BCUT2D eigenvalue weighted by atomic mass is 10.1. The molecule has 0 radical (unpaired) electrons. The molecule has 3 aromatic rings. The Balaban J connectivity index is 1.50. The molecule has 1 unspecified atom stereocenters. The second kappa shape index (κ2) is 11.0. The van der Waals surface area contributed by atoms with Crippen LogP contribution < -0.4 is 18.9 Å². The van der Waals surface area contributed by atoms with Crippen molar-refractivity contribution >= 4 is 16.6 Å². The zero-order valence-electron chi connectivity index (χ0n) is 19.0. The van der Waals surface area contributed by atoms with Crippen LogP contribution in [0.3, 0.4) is 0 Å². The van der Waals surface area contributed by atoms with Crippen LogP contribution in [0.2, 0.25) is 0 Å². The van der Waals surface area contributed by atoms with Gasteiger partial charge < -0.3 is 28.4 Å². The first-order valence-electron chi connectivity index (χ1n) is 10.9. The molecule has 2 heterocycles. The van der Waals surface area contributed by atoms with Crippen LogP contribution >= 0.6 is 0 Å². The smallest absolute Gasteiger partial charge is 0.311 e. The summed E-state index contributed by atoms with van der Waals surface area (Å²) in [6.45, 7) is 1.46. The SMILES string of the molecule is COc1cc2c(Oc3ccc([N+](=O)[O-])c(OC)c3)ccnc2cc1OCCOC1CCCCO1. The number of fused-ring (bicyclic) bond motifs is 1. The molecule has 0 spiro atoms. The summed E-state index contributed by atoms with van der Waals surface area (Å²) in [4.78, 5) is 15.0. The van der Waals surface area contributed by atoms with E-state index in [2.05, 4.69) is 4.98 Å². The van der Waals surface area contributed by atoms with Gasteiger partial charge in [-0.25, -0.2) is 0 Å². The third-order valence-electron chi connectivity index (χ3n) is 5.35. The van der Waals surface area contributed by atoms with Gasteiger partial charge in [0.15, 0.2) is 17.8 Å². The van der Waals surface area contributed by atoms with Crippen LogP contribution in [0.5, 0.6) is 28.7 Å². The van der Waals surface area contributed by atoms with E-state index < -0.39 is 4.92 Å². The van der Waals surface area contributed by atoms with Gasteiger partial charge in [0.05, 0.1) is 31.3 Å². The molecule has 0 bridgehead atoms. The van der Waals surface area contributed by atoms with E-state index in [0.29, 0.717) is 47.1 Å².